The molecule has 2 aromatic heterocycles. The van der Waals surface area contributed by atoms with Gasteiger partial charge in [0.05, 0.1) is 6.26 Å². The Bertz CT molecular complexity index is 337. The first-order chi connectivity index (χ1) is 5.36. The second kappa shape index (κ2) is 2.12. The molecule has 0 saturated carbocycles. The van der Waals surface area contributed by atoms with Crippen LogP contribution in [0.4, 0.5) is 0 Å². The highest BCUT2D eigenvalue weighted by atomic mass is 16.3. The van der Waals surface area contributed by atoms with Gasteiger partial charge in [-0.05, 0) is 12.1 Å². The monoisotopic (exact) mass is 150 g/mol. The standard InChI is InChI=1S/C6H6N4O/c7-10-4-8-6(9-10)5-2-1-3-11-5/h1-4H,7H2. The van der Waals surface area contributed by atoms with E-state index in [1.807, 2.05) is 0 Å². The van der Waals surface area contributed by atoms with E-state index in [4.69, 9.17) is 10.3 Å². The van der Waals surface area contributed by atoms with Crippen LogP contribution in [0.25, 0.3) is 11.6 Å². The van der Waals surface area contributed by atoms with Gasteiger partial charge in [0, 0.05) is 0 Å². The zero-order chi connectivity index (χ0) is 7.68. The van der Waals surface area contributed by atoms with E-state index in [0.29, 0.717) is 11.6 Å². The SMILES string of the molecule is Nn1cnc(-c2ccco2)n1. The molecule has 0 atom stereocenters. The van der Waals surface area contributed by atoms with Crippen LogP contribution in [0.15, 0.2) is 29.1 Å². The minimum atomic E-state index is 0.498. The highest BCUT2D eigenvalue weighted by molar-refractivity contribution is 5.44. The van der Waals surface area contributed by atoms with Crippen LogP contribution < -0.4 is 5.84 Å². The lowest BCUT2D eigenvalue weighted by molar-refractivity contribution is 0.576. The summed E-state index contributed by atoms with van der Waals surface area (Å²) < 4.78 is 5.04. The lowest BCUT2D eigenvalue weighted by Gasteiger charge is -1.84. The smallest absolute Gasteiger partial charge is 0.218 e. The van der Waals surface area contributed by atoms with Crippen molar-refractivity contribution in [2.75, 3.05) is 5.84 Å². The van der Waals surface area contributed by atoms with Gasteiger partial charge in [0.15, 0.2) is 5.76 Å². The van der Waals surface area contributed by atoms with E-state index in [0.717, 1.165) is 4.79 Å². The third kappa shape index (κ3) is 0.958. The van der Waals surface area contributed by atoms with Crippen LogP contribution in [-0.2, 0) is 0 Å². The molecule has 2 N–H and O–H groups in total. The zero-order valence-corrected chi connectivity index (χ0v) is 5.64. The summed E-state index contributed by atoms with van der Waals surface area (Å²) in [5, 5.41) is 3.84. The summed E-state index contributed by atoms with van der Waals surface area (Å²) in [7, 11) is 0. The van der Waals surface area contributed by atoms with E-state index in [2.05, 4.69) is 10.1 Å². The van der Waals surface area contributed by atoms with Crippen LogP contribution in [-0.4, -0.2) is 14.9 Å². The molecule has 0 bridgehead atoms. The second-order valence-electron chi connectivity index (χ2n) is 2.03. The maximum atomic E-state index is 5.29. The van der Waals surface area contributed by atoms with Crippen LogP contribution in [0.5, 0.6) is 0 Å². The van der Waals surface area contributed by atoms with E-state index < -0.39 is 0 Å². The Morgan fingerprint density at radius 1 is 1.55 bits per heavy atom. The van der Waals surface area contributed by atoms with Crippen LogP contribution >= 0.6 is 0 Å². The molecular weight excluding hydrogens is 144 g/mol. The molecule has 56 valence electrons. The maximum absolute atomic E-state index is 5.29. The van der Waals surface area contributed by atoms with Gasteiger partial charge < -0.3 is 10.3 Å². The van der Waals surface area contributed by atoms with Gasteiger partial charge >= 0.3 is 0 Å². The summed E-state index contributed by atoms with van der Waals surface area (Å²) >= 11 is 0. The molecule has 0 aliphatic heterocycles. The maximum Gasteiger partial charge on any atom is 0.218 e. The van der Waals surface area contributed by atoms with E-state index in [-0.39, 0.29) is 0 Å². The number of nitrogen functional groups attached to an aromatic ring is 1. The molecule has 0 aliphatic rings. The molecule has 0 unspecified atom stereocenters. The predicted octanol–water partition coefficient (Wildman–Crippen LogP) is 0.252. The summed E-state index contributed by atoms with van der Waals surface area (Å²) in [6.45, 7) is 0. The number of nitrogens with zero attached hydrogens (tertiary/aromatic N) is 3. The fourth-order valence-corrected chi connectivity index (χ4v) is 0.794. The third-order valence-corrected chi connectivity index (χ3v) is 1.25. The Balaban J connectivity index is 2.45. The minimum absolute atomic E-state index is 0.498. The fraction of sp³-hybridized carbons (Fsp3) is 0. The van der Waals surface area contributed by atoms with Crippen LogP contribution in [0.2, 0.25) is 0 Å². The summed E-state index contributed by atoms with van der Waals surface area (Å²) in [4.78, 5) is 5.03. The van der Waals surface area contributed by atoms with Gasteiger partial charge in [-0.25, -0.2) is 4.98 Å². The van der Waals surface area contributed by atoms with E-state index in [9.17, 15) is 0 Å². The van der Waals surface area contributed by atoms with Gasteiger partial charge in [0.2, 0.25) is 5.82 Å². The van der Waals surface area contributed by atoms with Gasteiger partial charge in [-0.3, -0.25) is 0 Å². The molecule has 5 nitrogen and oxygen atoms in total. The first-order valence-corrected chi connectivity index (χ1v) is 3.07. The van der Waals surface area contributed by atoms with Crippen molar-refractivity contribution in [2.45, 2.75) is 0 Å². The van der Waals surface area contributed by atoms with Crippen LogP contribution in [0.3, 0.4) is 0 Å². The summed E-state index contributed by atoms with van der Waals surface area (Å²) in [5.41, 5.74) is 0. The van der Waals surface area contributed by atoms with Crippen molar-refractivity contribution in [1.29, 1.82) is 0 Å². The number of nitrogens with two attached hydrogens (primary N) is 1. The fourth-order valence-electron chi connectivity index (χ4n) is 0.794. The van der Waals surface area contributed by atoms with Gasteiger partial charge in [0.25, 0.3) is 0 Å². The molecule has 0 aromatic carbocycles. The first-order valence-electron chi connectivity index (χ1n) is 3.07. The highest BCUT2D eigenvalue weighted by Crippen LogP contribution is 2.12. The molecule has 2 rings (SSSR count). The van der Waals surface area contributed by atoms with E-state index in [1.165, 1.54) is 6.33 Å². The Kier molecular flexibility index (Phi) is 1.15. The molecule has 2 aromatic rings. The average Bonchev–Trinajstić information content (AvgIpc) is 2.55. The van der Waals surface area contributed by atoms with Crippen LogP contribution in [0.1, 0.15) is 0 Å². The topological polar surface area (TPSA) is 69.9 Å². The number of rotatable bonds is 1. The Morgan fingerprint density at radius 2 is 2.45 bits per heavy atom. The van der Waals surface area contributed by atoms with Gasteiger partial charge in [-0.2, -0.15) is 4.79 Å². The summed E-state index contributed by atoms with van der Waals surface area (Å²) in [6, 6.07) is 3.54. The molecule has 0 amide bonds. The normalized spacial score (nSPS) is 10.2. The second-order valence-corrected chi connectivity index (χ2v) is 2.03. The summed E-state index contributed by atoms with van der Waals surface area (Å²) in [6.07, 6.45) is 2.98. The van der Waals surface area contributed by atoms with Gasteiger partial charge in [-0.1, -0.05) is 0 Å². The number of furan rings is 1. The van der Waals surface area contributed by atoms with E-state index in [1.54, 1.807) is 18.4 Å². The molecule has 0 spiro atoms. The molecule has 5 heteroatoms. The molecule has 0 fully saturated rings. The molecule has 11 heavy (non-hydrogen) atoms. The average molecular weight is 150 g/mol. The quantitative estimate of drug-likeness (QED) is 0.591. The third-order valence-electron chi connectivity index (χ3n) is 1.25. The summed E-state index contributed by atoms with van der Waals surface area (Å²) in [5.74, 6) is 6.40. The Hall–Kier alpha value is -1.78. The number of hydrogen-bond donors (Lipinski definition) is 1. The molecule has 0 aliphatic carbocycles. The van der Waals surface area contributed by atoms with Gasteiger partial charge in [-0.15, -0.1) is 5.10 Å². The highest BCUT2D eigenvalue weighted by Gasteiger charge is 2.03. The zero-order valence-electron chi connectivity index (χ0n) is 5.64. The van der Waals surface area contributed by atoms with Crippen molar-refractivity contribution in [3.8, 4) is 11.6 Å². The van der Waals surface area contributed by atoms with Gasteiger partial charge in [0.1, 0.15) is 6.33 Å². The largest absolute Gasteiger partial charge is 0.461 e. The van der Waals surface area contributed by atoms with Crippen molar-refractivity contribution >= 4 is 0 Å². The molecule has 0 saturated heterocycles. The van der Waals surface area contributed by atoms with Crippen molar-refractivity contribution in [2.24, 2.45) is 0 Å². The predicted molar refractivity (Wildman–Crippen MR) is 37.9 cm³/mol. The van der Waals surface area contributed by atoms with Crippen LogP contribution in [0, 0.1) is 0 Å². The van der Waals surface area contributed by atoms with E-state index >= 15 is 0 Å². The molecular formula is C6H6N4O. The minimum Gasteiger partial charge on any atom is -0.461 e. The van der Waals surface area contributed by atoms with Crippen molar-refractivity contribution in [1.82, 2.24) is 14.9 Å². The molecule has 2 heterocycles. The van der Waals surface area contributed by atoms with Crippen molar-refractivity contribution < 1.29 is 4.42 Å². The molecule has 0 radical (unpaired) electrons. The van der Waals surface area contributed by atoms with Crippen molar-refractivity contribution in [3.05, 3.63) is 24.7 Å². The number of aromatic nitrogens is 3. The van der Waals surface area contributed by atoms with Crippen molar-refractivity contribution in [3.63, 3.8) is 0 Å². The number of hydrogen-bond acceptors (Lipinski definition) is 4. The Morgan fingerprint density at radius 3 is 3.00 bits per heavy atom. The first kappa shape index (κ1) is 5.96. The lowest BCUT2D eigenvalue weighted by Crippen LogP contribution is -2.07. The lowest BCUT2D eigenvalue weighted by atomic mass is 10.4. The Labute approximate surface area is 62.4 Å².